The fourth-order valence-electron chi connectivity index (χ4n) is 4.48. The fraction of sp³-hybridized carbons (Fsp3) is 0.583. The van der Waals surface area contributed by atoms with Gasteiger partial charge in [-0.1, -0.05) is 25.9 Å². The van der Waals surface area contributed by atoms with Crippen LogP contribution in [0.15, 0.2) is 16.7 Å². The first-order valence-electron chi connectivity index (χ1n) is 10.6. The molecule has 1 aromatic carbocycles. The molecule has 1 saturated heterocycles. The van der Waals surface area contributed by atoms with Gasteiger partial charge in [-0.2, -0.15) is 0 Å². The third-order valence-electron chi connectivity index (χ3n) is 5.83. The normalized spacial score (nSPS) is 15.6. The molecule has 0 unspecified atom stereocenters. The number of piperidine rings is 1. The molecule has 0 radical (unpaired) electrons. The zero-order valence-corrected chi connectivity index (χ0v) is 19.0. The number of nitrogens with one attached hydrogen (secondary N) is 1. The molecule has 2 aromatic rings. The molecule has 1 amide bonds. The lowest BCUT2D eigenvalue weighted by molar-refractivity contribution is -0.117. The highest BCUT2D eigenvalue weighted by atomic mass is 16.5. The molecule has 1 aromatic heterocycles. The summed E-state index contributed by atoms with van der Waals surface area (Å²) in [5.41, 5.74) is 6.75. The van der Waals surface area contributed by atoms with E-state index in [1.165, 1.54) is 11.3 Å². The standard InChI is InChI=1S/C24H35N3O2/c1-15-12-20(13-16(2)23(15)25-21(28)14-24(5,6)7)27-10-8-19(9-11-27)22-17(3)26-29-18(22)4/h12-13,19H,8-11,14H2,1-7H3,(H,25,28). The number of carbonyl (C=O) groups excluding carboxylic acids is 1. The summed E-state index contributed by atoms with van der Waals surface area (Å²) in [5, 5.41) is 7.25. The summed E-state index contributed by atoms with van der Waals surface area (Å²) in [5.74, 6) is 1.57. The van der Waals surface area contributed by atoms with E-state index in [1.54, 1.807) is 0 Å². The number of carbonyl (C=O) groups is 1. The van der Waals surface area contributed by atoms with Crippen LogP contribution in [-0.4, -0.2) is 24.2 Å². The highest BCUT2D eigenvalue weighted by Gasteiger charge is 2.26. The predicted octanol–water partition coefficient (Wildman–Crippen LogP) is 5.67. The van der Waals surface area contributed by atoms with E-state index < -0.39 is 0 Å². The topological polar surface area (TPSA) is 58.4 Å². The Balaban J connectivity index is 1.69. The van der Waals surface area contributed by atoms with Crippen molar-refractivity contribution in [2.45, 2.75) is 73.6 Å². The third kappa shape index (κ3) is 5.01. The number of hydrogen-bond donors (Lipinski definition) is 1. The van der Waals surface area contributed by atoms with Crippen LogP contribution in [0.1, 0.15) is 74.1 Å². The zero-order chi connectivity index (χ0) is 21.3. The van der Waals surface area contributed by atoms with E-state index in [0.29, 0.717) is 12.3 Å². The Kier molecular flexibility index (Phi) is 6.06. The van der Waals surface area contributed by atoms with Gasteiger partial charge >= 0.3 is 0 Å². The molecule has 0 aliphatic carbocycles. The number of benzene rings is 1. The minimum Gasteiger partial charge on any atom is -0.371 e. The molecular weight excluding hydrogens is 362 g/mol. The second kappa shape index (κ2) is 8.21. The second-order valence-corrected chi connectivity index (χ2v) is 9.74. The Morgan fingerprint density at radius 1 is 1.14 bits per heavy atom. The van der Waals surface area contributed by atoms with E-state index in [1.807, 2.05) is 13.8 Å². The number of anilines is 2. The van der Waals surface area contributed by atoms with Gasteiger partial charge < -0.3 is 14.7 Å². The summed E-state index contributed by atoms with van der Waals surface area (Å²) >= 11 is 0. The quantitative estimate of drug-likeness (QED) is 0.722. The van der Waals surface area contributed by atoms with E-state index in [0.717, 1.165) is 54.2 Å². The summed E-state index contributed by atoms with van der Waals surface area (Å²) in [4.78, 5) is 14.8. The van der Waals surface area contributed by atoms with E-state index >= 15 is 0 Å². The van der Waals surface area contributed by atoms with Gasteiger partial charge in [-0.3, -0.25) is 4.79 Å². The number of aromatic nitrogens is 1. The molecule has 1 aliphatic heterocycles. The molecule has 29 heavy (non-hydrogen) atoms. The lowest BCUT2D eigenvalue weighted by atomic mass is 9.88. The van der Waals surface area contributed by atoms with Crippen LogP contribution in [-0.2, 0) is 4.79 Å². The molecule has 3 rings (SSSR count). The average molecular weight is 398 g/mol. The maximum absolute atomic E-state index is 12.4. The number of hydrogen-bond acceptors (Lipinski definition) is 4. The first-order valence-corrected chi connectivity index (χ1v) is 10.6. The molecule has 0 spiro atoms. The number of nitrogens with zero attached hydrogens (tertiary/aromatic N) is 2. The molecule has 0 saturated carbocycles. The van der Waals surface area contributed by atoms with Gasteiger partial charge in [0.1, 0.15) is 5.76 Å². The lowest BCUT2D eigenvalue weighted by Gasteiger charge is -2.34. The monoisotopic (exact) mass is 397 g/mol. The van der Waals surface area contributed by atoms with Gasteiger partial charge in [0.2, 0.25) is 5.91 Å². The number of aryl methyl sites for hydroxylation is 4. The van der Waals surface area contributed by atoms with Gasteiger partial charge in [0.15, 0.2) is 0 Å². The summed E-state index contributed by atoms with van der Waals surface area (Å²) in [7, 11) is 0. The van der Waals surface area contributed by atoms with Crippen LogP contribution in [0.25, 0.3) is 0 Å². The molecule has 0 atom stereocenters. The van der Waals surface area contributed by atoms with Crippen molar-refractivity contribution >= 4 is 17.3 Å². The summed E-state index contributed by atoms with van der Waals surface area (Å²) in [6, 6.07) is 4.41. The molecule has 5 nitrogen and oxygen atoms in total. The van der Waals surface area contributed by atoms with Crippen LogP contribution in [0, 0.1) is 33.1 Å². The Labute approximate surface area is 174 Å². The predicted molar refractivity (Wildman–Crippen MR) is 119 cm³/mol. The van der Waals surface area contributed by atoms with Crippen molar-refractivity contribution in [3.63, 3.8) is 0 Å². The second-order valence-electron chi connectivity index (χ2n) is 9.74. The van der Waals surface area contributed by atoms with E-state index in [4.69, 9.17) is 4.52 Å². The zero-order valence-electron chi connectivity index (χ0n) is 19.0. The van der Waals surface area contributed by atoms with E-state index in [9.17, 15) is 4.79 Å². The summed E-state index contributed by atoms with van der Waals surface area (Å²) in [6.45, 7) is 16.5. The van der Waals surface area contributed by atoms with Gasteiger partial charge in [-0.05, 0) is 75.1 Å². The molecular formula is C24H35N3O2. The van der Waals surface area contributed by atoms with E-state index in [2.05, 4.69) is 62.1 Å². The van der Waals surface area contributed by atoms with Gasteiger partial charge in [0.25, 0.3) is 0 Å². The Bertz CT molecular complexity index is 842. The third-order valence-corrected chi connectivity index (χ3v) is 5.83. The Morgan fingerprint density at radius 3 is 2.21 bits per heavy atom. The van der Waals surface area contributed by atoms with Gasteiger partial charge in [-0.15, -0.1) is 0 Å². The molecule has 1 fully saturated rings. The van der Waals surface area contributed by atoms with Crippen LogP contribution < -0.4 is 10.2 Å². The van der Waals surface area contributed by atoms with Gasteiger partial charge in [-0.25, -0.2) is 0 Å². The van der Waals surface area contributed by atoms with Crippen molar-refractivity contribution in [1.29, 1.82) is 0 Å². The highest BCUT2D eigenvalue weighted by molar-refractivity contribution is 5.93. The molecule has 158 valence electrons. The Morgan fingerprint density at radius 2 is 1.72 bits per heavy atom. The van der Waals surface area contributed by atoms with Crippen molar-refractivity contribution in [3.05, 3.63) is 40.3 Å². The van der Waals surface area contributed by atoms with Crippen molar-refractivity contribution in [2.24, 2.45) is 5.41 Å². The lowest BCUT2D eigenvalue weighted by Crippen LogP contribution is -2.33. The largest absolute Gasteiger partial charge is 0.371 e. The maximum atomic E-state index is 12.4. The molecule has 2 heterocycles. The SMILES string of the molecule is Cc1cc(N2CCC(c3c(C)noc3C)CC2)cc(C)c1NC(=O)CC(C)(C)C. The molecule has 1 aliphatic rings. The summed E-state index contributed by atoms with van der Waals surface area (Å²) in [6.07, 6.45) is 2.72. The van der Waals surface area contributed by atoms with Crippen molar-refractivity contribution in [1.82, 2.24) is 5.16 Å². The van der Waals surface area contributed by atoms with Crippen molar-refractivity contribution < 1.29 is 9.32 Å². The fourth-order valence-corrected chi connectivity index (χ4v) is 4.48. The minimum atomic E-state index is -0.0165. The van der Waals surface area contributed by atoms with Crippen LogP contribution in [0.4, 0.5) is 11.4 Å². The smallest absolute Gasteiger partial charge is 0.224 e. The Hall–Kier alpha value is -2.30. The molecule has 5 heteroatoms. The number of amides is 1. The van der Waals surface area contributed by atoms with Crippen LogP contribution >= 0.6 is 0 Å². The van der Waals surface area contributed by atoms with Gasteiger partial charge in [0.05, 0.1) is 5.69 Å². The number of rotatable bonds is 4. The molecule has 0 bridgehead atoms. The maximum Gasteiger partial charge on any atom is 0.224 e. The van der Waals surface area contributed by atoms with Crippen LogP contribution in [0.2, 0.25) is 0 Å². The van der Waals surface area contributed by atoms with Crippen LogP contribution in [0.3, 0.4) is 0 Å². The van der Waals surface area contributed by atoms with Gasteiger partial charge in [0, 0.05) is 36.4 Å². The van der Waals surface area contributed by atoms with Crippen molar-refractivity contribution in [2.75, 3.05) is 23.3 Å². The van der Waals surface area contributed by atoms with Crippen LogP contribution in [0.5, 0.6) is 0 Å². The first kappa shape index (κ1) is 21.4. The van der Waals surface area contributed by atoms with Crippen molar-refractivity contribution in [3.8, 4) is 0 Å². The van der Waals surface area contributed by atoms with E-state index in [-0.39, 0.29) is 11.3 Å². The highest BCUT2D eigenvalue weighted by Crippen LogP contribution is 2.35. The molecule has 1 N–H and O–H groups in total. The average Bonchev–Trinajstić information content (AvgIpc) is 2.95. The first-order chi connectivity index (χ1) is 13.5. The minimum absolute atomic E-state index is 0.0165. The summed E-state index contributed by atoms with van der Waals surface area (Å²) < 4.78 is 5.37.